The molecule has 0 saturated heterocycles. The van der Waals surface area contributed by atoms with Crippen molar-refractivity contribution in [3.8, 4) is 17.3 Å². The number of carbonyl (C=O) groups excluding carboxylic acids is 2. The Labute approximate surface area is 203 Å². The molecule has 0 fully saturated rings. The highest BCUT2D eigenvalue weighted by Crippen LogP contribution is 2.31. The third-order valence-electron chi connectivity index (χ3n) is 6.67. The second-order valence-electron chi connectivity index (χ2n) is 8.92. The lowest BCUT2D eigenvalue weighted by atomic mass is 9.96. The van der Waals surface area contributed by atoms with Crippen LogP contribution in [0.5, 0.6) is 5.75 Å². The standard InChI is InChI=1S/C25H28N6O4/c1-15-6-7-22-28-29-24(31(15)22)19-4-3-5-21(26-19)27-25(34)18-12-17-14-30(23(33)9-11-32)10-8-16(17)13-20(18)35-2/h3-5,12-13,15,32H,6-11,14H2,1-2H3,(H,26,27,34)/t15-/m1/s1. The Morgan fingerprint density at radius 1 is 1.20 bits per heavy atom. The molecule has 182 valence electrons. The molecule has 5 rings (SSSR count). The number of hydrogen-bond acceptors (Lipinski definition) is 7. The minimum atomic E-state index is -0.354. The molecule has 2 aromatic heterocycles. The van der Waals surface area contributed by atoms with E-state index in [4.69, 9.17) is 9.84 Å². The topological polar surface area (TPSA) is 122 Å². The van der Waals surface area contributed by atoms with Crippen LogP contribution in [0.3, 0.4) is 0 Å². The Balaban J connectivity index is 1.39. The van der Waals surface area contributed by atoms with Gasteiger partial charge in [-0.1, -0.05) is 6.07 Å². The number of carbonyl (C=O) groups is 2. The average Bonchev–Trinajstić information content (AvgIpc) is 3.46. The van der Waals surface area contributed by atoms with Gasteiger partial charge in [0, 0.05) is 32.0 Å². The second-order valence-corrected chi connectivity index (χ2v) is 8.92. The van der Waals surface area contributed by atoms with Crippen molar-refractivity contribution in [2.24, 2.45) is 0 Å². The van der Waals surface area contributed by atoms with Gasteiger partial charge in [0.05, 0.1) is 19.3 Å². The van der Waals surface area contributed by atoms with E-state index in [9.17, 15) is 9.59 Å². The maximum absolute atomic E-state index is 13.3. The maximum atomic E-state index is 13.3. The first-order chi connectivity index (χ1) is 17.0. The molecule has 0 radical (unpaired) electrons. The number of pyridine rings is 1. The first kappa shape index (κ1) is 23.0. The lowest BCUT2D eigenvalue weighted by molar-refractivity contribution is -0.132. The lowest BCUT2D eigenvalue weighted by Crippen LogP contribution is -2.36. The Bertz CT molecular complexity index is 1290. The summed E-state index contributed by atoms with van der Waals surface area (Å²) >= 11 is 0. The van der Waals surface area contributed by atoms with Gasteiger partial charge in [0.1, 0.15) is 23.1 Å². The number of nitrogens with one attached hydrogen (secondary N) is 1. The van der Waals surface area contributed by atoms with Crippen LogP contribution in [0.15, 0.2) is 30.3 Å². The summed E-state index contributed by atoms with van der Waals surface area (Å²) in [4.78, 5) is 31.8. The Morgan fingerprint density at radius 2 is 2.06 bits per heavy atom. The summed E-state index contributed by atoms with van der Waals surface area (Å²) in [7, 11) is 1.53. The van der Waals surface area contributed by atoms with E-state index in [1.807, 2.05) is 18.2 Å². The third-order valence-corrected chi connectivity index (χ3v) is 6.67. The minimum absolute atomic E-state index is 0.0921. The van der Waals surface area contributed by atoms with E-state index in [1.165, 1.54) is 7.11 Å². The number of aliphatic hydroxyl groups excluding tert-OH is 1. The van der Waals surface area contributed by atoms with Gasteiger partial charge >= 0.3 is 0 Å². The van der Waals surface area contributed by atoms with E-state index in [0.29, 0.717) is 54.2 Å². The number of hydrogen-bond donors (Lipinski definition) is 2. The number of aryl methyl sites for hydroxylation is 1. The van der Waals surface area contributed by atoms with Gasteiger partial charge in [-0.2, -0.15) is 0 Å². The number of aromatic nitrogens is 4. The molecule has 2 aliphatic rings. The summed E-state index contributed by atoms with van der Waals surface area (Å²) in [5.41, 5.74) is 2.95. The van der Waals surface area contributed by atoms with Crippen LogP contribution in [-0.2, 0) is 24.2 Å². The zero-order valence-electron chi connectivity index (χ0n) is 19.8. The molecule has 3 aromatic rings. The van der Waals surface area contributed by atoms with Crippen LogP contribution >= 0.6 is 0 Å². The van der Waals surface area contributed by atoms with Crippen molar-refractivity contribution in [2.45, 2.75) is 45.2 Å². The highest BCUT2D eigenvalue weighted by atomic mass is 16.5. The number of nitrogens with zero attached hydrogens (tertiary/aromatic N) is 5. The van der Waals surface area contributed by atoms with E-state index in [0.717, 1.165) is 29.8 Å². The van der Waals surface area contributed by atoms with Gasteiger partial charge in [-0.25, -0.2) is 4.98 Å². The summed E-state index contributed by atoms with van der Waals surface area (Å²) in [6.07, 6.45) is 2.67. The first-order valence-corrected chi connectivity index (χ1v) is 11.8. The molecule has 4 heterocycles. The predicted octanol–water partition coefficient (Wildman–Crippen LogP) is 2.38. The van der Waals surface area contributed by atoms with Gasteiger partial charge in [0.15, 0.2) is 5.82 Å². The maximum Gasteiger partial charge on any atom is 0.260 e. The van der Waals surface area contributed by atoms with E-state index < -0.39 is 0 Å². The Hall–Kier alpha value is -3.79. The summed E-state index contributed by atoms with van der Waals surface area (Å²) in [6, 6.07) is 9.36. The van der Waals surface area contributed by atoms with Crippen LogP contribution < -0.4 is 10.1 Å². The summed E-state index contributed by atoms with van der Waals surface area (Å²) in [6.45, 7) is 2.92. The van der Waals surface area contributed by atoms with Gasteiger partial charge in [0.25, 0.3) is 5.91 Å². The number of ether oxygens (including phenoxy) is 1. The van der Waals surface area contributed by atoms with E-state index in [1.54, 1.807) is 17.0 Å². The van der Waals surface area contributed by atoms with Gasteiger partial charge < -0.3 is 24.6 Å². The van der Waals surface area contributed by atoms with Crippen molar-refractivity contribution in [2.75, 3.05) is 25.6 Å². The highest BCUT2D eigenvalue weighted by Gasteiger charge is 2.26. The normalized spacial score (nSPS) is 16.5. The zero-order valence-corrected chi connectivity index (χ0v) is 19.8. The predicted molar refractivity (Wildman–Crippen MR) is 128 cm³/mol. The zero-order chi connectivity index (χ0) is 24.5. The molecule has 1 aromatic carbocycles. The highest BCUT2D eigenvalue weighted by molar-refractivity contribution is 6.06. The molecule has 10 heteroatoms. The van der Waals surface area contributed by atoms with Crippen LogP contribution in [0.4, 0.5) is 5.82 Å². The van der Waals surface area contributed by atoms with Crippen molar-refractivity contribution in [1.82, 2.24) is 24.6 Å². The number of anilines is 1. The fourth-order valence-electron chi connectivity index (χ4n) is 4.81. The molecule has 1 atom stereocenters. The van der Waals surface area contributed by atoms with Gasteiger partial charge in [-0.05, 0) is 55.2 Å². The summed E-state index contributed by atoms with van der Waals surface area (Å²) in [5, 5.41) is 20.6. The number of rotatable bonds is 6. The van der Waals surface area contributed by atoms with Crippen molar-refractivity contribution in [3.05, 3.63) is 52.8 Å². The molecule has 2 amide bonds. The SMILES string of the molecule is COc1cc2c(cc1C(=O)Nc1cccc(-c3nnc4n3[C@H](C)CC4)n1)CN(C(=O)CCO)CC2. The van der Waals surface area contributed by atoms with Crippen molar-refractivity contribution < 1.29 is 19.4 Å². The quantitative estimate of drug-likeness (QED) is 0.560. The van der Waals surface area contributed by atoms with Crippen LogP contribution in [0, 0.1) is 0 Å². The molecule has 0 bridgehead atoms. The number of aliphatic hydroxyl groups is 1. The monoisotopic (exact) mass is 476 g/mol. The van der Waals surface area contributed by atoms with Crippen LogP contribution in [0.25, 0.3) is 11.5 Å². The van der Waals surface area contributed by atoms with Gasteiger partial charge in [-0.15, -0.1) is 10.2 Å². The minimum Gasteiger partial charge on any atom is -0.496 e. The summed E-state index contributed by atoms with van der Waals surface area (Å²) < 4.78 is 7.61. The Kier molecular flexibility index (Phi) is 6.21. The second kappa shape index (κ2) is 9.46. The van der Waals surface area contributed by atoms with E-state index in [-0.39, 0.29) is 24.8 Å². The van der Waals surface area contributed by atoms with Crippen molar-refractivity contribution in [1.29, 1.82) is 0 Å². The number of methoxy groups -OCH3 is 1. The molecule has 2 N–H and O–H groups in total. The average molecular weight is 477 g/mol. The first-order valence-electron chi connectivity index (χ1n) is 11.8. The van der Waals surface area contributed by atoms with Crippen LogP contribution in [0.2, 0.25) is 0 Å². The molecular formula is C25H28N6O4. The molecule has 10 nitrogen and oxygen atoms in total. The van der Waals surface area contributed by atoms with E-state index >= 15 is 0 Å². The molecule has 0 aliphatic carbocycles. The van der Waals surface area contributed by atoms with Gasteiger partial charge in [-0.3, -0.25) is 9.59 Å². The number of fused-ring (bicyclic) bond motifs is 2. The lowest BCUT2D eigenvalue weighted by Gasteiger charge is -2.29. The van der Waals surface area contributed by atoms with Crippen molar-refractivity contribution >= 4 is 17.6 Å². The fraction of sp³-hybridized carbons (Fsp3) is 0.400. The third kappa shape index (κ3) is 4.37. The molecule has 0 spiro atoms. The van der Waals surface area contributed by atoms with Crippen molar-refractivity contribution in [3.63, 3.8) is 0 Å². The van der Waals surface area contributed by atoms with Crippen LogP contribution in [-0.4, -0.2) is 61.8 Å². The van der Waals surface area contributed by atoms with Crippen LogP contribution in [0.1, 0.15) is 53.1 Å². The molecule has 2 aliphatic heterocycles. The van der Waals surface area contributed by atoms with E-state index in [2.05, 4.69) is 32.0 Å². The molecule has 0 saturated carbocycles. The smallest absolute Gasteiger partial charge is 0.260 e. The summed E-state index contributed by atoms with van der Waals surface area (Å²) in [5.74, 6) is 2.06. The number of amides is 2. The molecule has 0 unspecified atom stereocenters. The molecule has 35 heavy (non-hydrogen) atoms. The molecular weight excluding hydrogens is 448 g/mol. The fourth-order valence-corrected chi connectivity index (χ4v) is 4.81. The van der Waals surface area contributed by atoms with Gasteiger partial charge in [0.2, 0.25) is 5.91 Å². The number of benzene rings is 1. The largest absolute Gasteiger partial charge is 0.496 e. The Morgan fingerprint density at radius 3 is 2.86 bits per heavy atom.